The predicted octanol–water partition coefficient (Wildman–Crippen LogP) is 2.15. The molecule has 0 aliphatic rings. The first-order chi connectivity index (χ1) is 2.77. The Balaban J connectivity index is 2.63. The Morgan fingerprint density at radius 1 is 1.33 bits per heavy atom. The molecule has 0 N–H and O–H groups in total. The van der Waals surface area contributed by atoms with Crippen LogP contribution in [0, 0.1) is 0 Å². The Bertz CT molecular complexity index is 25.1. The van der Waals surface area contributed by atoms with Crippen molar-refractivity contribution in [2.45, 2.75) is 30.1 Å². The molecule has 0 aromatic heterocycles. The summed E-state index contributed by atoms with van der Waals surface area (Å²) in [6.45, 7) is 2.26. The van der Waals surface area contributed by atoms with E-state index >= 15 is 0 Å². The van der Waals surface area contributed by atoms with E-state index in [0.29, 0.717) is 0 Å². The molecule has 0 bridgehead atoms. The van der Waals surface area contributed by atoms with Crippen molar-refractivity contribution in [2.24, 2.45) is 0 Å². The number of hydrogen-bond donors (Lipinski definition) is 0. The predicted molar refractivity (Wildman–Crippen MR) is 32.6 cm³/mol. The van der Waals surface area contributed by atoms with E-state index in [4.69, 9.17) is 0 Å². The van der Waals surface area contributed by atoms with Crippen molar-refractivity contribution in [2.75, 3.05) is 0 Å². The van der Waals surface area contributed by atoms with Gasteiger partial charge in [0.1, 0.15) is 0 Å². The summed E-state index contributed by atoms with van der Waals surface area (Å²) in [6, 6.07) is 0. The molecule has 0 rings (SSSR count). The zero-order chi connectivity index (χ0) is 4.99. The van der Waals surface area contributed by atoms with Crippen LogP contribution < -0.4 is 0 Å². The quantitative estimate of drug-likeness (QED) is 0.523. The van der Waals surface area contributed by atoms with Crippen LogP contribution in [0.2, 0.25) is 16.8 Å². The molecule has 0 aliphatic carbocycles. The van der Waals surface area contributed by atoms with Gasteiger partial charge >= 0.3 is 44.5 Å². The summed E-state index contributed by atoms with van der Waals surface area (Å²) in [6.07, 6.45) is 1.41. The van der Waals surface area contributed by atoms with Gasteiger partial charge in [0.25, 0.3) is 0 Å². The molecule has 0 nitrogen and oxygen atoms in total. The Morgan fingerprint density at radius 2 is 1.83 bits per heavy atom. The van der Waals surface area contributed by atoms with Gasteiger partial charge in [0.05, 0.1) is 0 Å². The SMILES string of the molecule is CC[CH2][Ge]([CH3])[CH3]. The van der Waals surface area contributed by atoms with Crippen LogP contribution in [0.25, 0.3) is 0 Å². The molecule has 0 amide bonds. The van der Waals surface area contributed by atoms with E-state index in [1.54, 1.807) is 5.25 Å². The Kier molecular flexibility index (Phi) is 4.06. The summed E-state index contributed by atoms with van der Waals surface area (Å²) in [4.78, 5) is 0. The fourth-order valence-corrected chi connectivity index (χ4v) is 2.60. The van der Waals surface area contributed by atoms with E-state index in [2.05, 4.69) is 18.4 Å². The van der Waals surface area contributed by atoms with Crippen LogP contribution in [0.3, 0.4) is 0 Å². The summed E-state index contributed by atoms with van der Waals surface area (Å²) in [5.41, 5.74) is 0. The molecular formula is C5H13Ge. The summed E-state index contributed by atoms with van der Waals surface area (Å²) < 4.78 is 0. The normalized spacial score (nSPS) is 10.0. The fourth-order valence-electron chi connectivity index (χ4n) is 0.500. The van der Waals surface area contributed by atoms with Crippen molar-refractivity contribution < 1.29 is 0 Å². The van der Waals surface area contributed by atoms with Gasteiger partial charge in [0, 0.05) is 0 Å². The van der Waals surface area contributed by atoms with Crippen molar-refractivity contribution in [3.8, 4) is 0 Å². The fraction of sp³-hybridized carbons (Fsp3) is 1.00. The van der Waals surface area contributed by atoms with Crippen LogP contribution in [0.4, 0.5) is 0 Å². The first-order valence-electron chi connectivity index (χ1n) is 2.56. The van der Waals surface area contributed by atoms with E-state index < -0.39 is 0 Å². The summed E-state index contributed by atoms with van der Waals surface area (Å²) in [5.74, 6) is 4.84. The molecule has 0 fully saturated rings. The van der Waals surface area contributed by atoms with Crippen LogP contribution in [0.15, 0.2) is 0 Å². The molecule has 0 heterocycles. The standard InChI is InChI=1S/C5H13Ge/c1-4-5-6(2)3/h4-5H2,1-3H3. The Morgan fingerprint density at radius 3 is 1.83 bits per heavy atom. The van der Waals surface area contributed by atoms with Crippen LogP contribution in [-0.2, 0) is 0 Å². The van der Waals surface area contributed by atoms with Crippen LogP contribution >= 0.6 is 0 Å². The Hall–Kier alpha value is 0.543. The van der Waals surface area contributed by atoms with Gasteiger partial charge in [-0.15, -0.1) is 0 Å². The van der Waals surface area contributed by atoms with Gasteiger partial charge < -0.3 is 0 Å². The second-order valence-corrected chi connectivity index (χ2v) is 8.07. The zero-order valence-electron chi connectivity index (χ0n) is 4.91. The zero-order valence-corrected chi connectivity index (χ0v) is 7.01. The first kappa shape index (κ1) is 6.54. The van der Waals surface area contributed by atoms with Gasteiger partial charge in [-0.1, -0.05) is 0 Å². The van der Waals surface area contributed by atoms with Gasteiger partial charge in [0.2, 0.25) is 0 Å². The second kappa shape index (κ2) is 3.72. The molecule has 1 radical (unpaired) electrons. The maximum absolute atomic E-state index is 2.42. The average Bonchev–Trinajstić information content (AvgIpc) is 1.35. The molecule has 0 aliphatic heterocycles. The van der Waals surface area contributed by atoms with Gasteiger partial charge in [-0.3, -0.25) is 0 Å². The molecule has 0 saturated carbocycles. The Labute approximate surface area is 45.0 Å². The van der Waals surface area contributed by atoms with E-state index in [1.165, 1.54) is 6.42 Å². The molecule has 0 aromatic rings. The minimum atomic E-state index is -0.384. The van der Waals surface area contributed by atoms with Gasteiger partial charge in [-0.05, 0) is 0 Å². The monoisotopic (exact) mass is 147 g/mol. The van der Waals surface area contributed by atoms with Gasteiger partial charge in [0.15, 0.2) is 0 Å². The molecule has 0 unspecified atom stereocenters. The van der Waals surface area contributed by atoms with E-state index in [1.807, 2.05) is 0 Å². The molecule has 0 aromatic carbocycles. The van der Waals surface area contributed by atoms with Crippen molar-refractivity contribution in [3.63, 3.8) is 0 Å². The minimum absolute atomic E-state index is 0.384. The van der Waals surface area contributed by atoms with Crippen LogP contribution in [0.1, 0.15) is 13.3 Å². The van der Waals surface area contributed by atoms with Crippen molar-refractivity contribution in [1.29, 1.82) is 0 Å². The third-order valence-electron chi connectivity index (χ3n) is 0.750. The third-order valence-corrected chi connectivity index (χ3v) is 3.90. The molecule has 0 spiro atoms. The second-order valence-electron chi connectivity index (χ2n) is 1.96. The number of rotatable bonds is 2. The van der Waals surface area contributed by atoms with Crippen molar-refractivity contribution >= 4 is 14.3 Å². The first-order valence-corrected chi connectivity index (χ1v) is 8.24. The van der Waals surface area contributed by atoms with Crippen molar-refractivity contribution in [1.82, 2.24) is 0 Å². The van der Waals surface area contributed by atoms with Gasteiger partial charge in [-0.25, -0.2) is 0 Å². The molecule has 37 valence electrons. The number of hydrogen-bond acceptors (Lipinski definition) is 0. The van der Waals surface area contributed by atoms with Crippen molar-refractivity contribution in [3.05, 3.63) is 0 Å². The molecule has 0 saturated heterocycles. The van der Waals surface area contributed by atoms with Crippen LogP contribution in [-0.4, -0.2) is 14.3 Å². The van der Waals surface area contributed by atoms with E-state index in [0.717, 1.165) is 0 Å². The third kappa shape index (κ3) is 4.54. The summed E-state index contributed by atoms with van der Waals surface area (Å²) in [7, 11) is 0. The average molecular weight is 146 g/mol. The van der Waals surface area contributed by atoms with E-state index in [9.17, 15) is 0 Å². The van der Waals surface area contributed by atoms with E-state index in [-0.39, 0.29) is 14.3 Å². The maximum atomic E-state index is 2.42. The van der Waals surface area contributed by atoms with Gasteiger partial charge in [-0.2, -0.15) is 0 Å². The summed E-state index contributed by atoms with van der Waals surface area (Å²) >= 11 is -0.384. The molecular weight excluding hydrogens is 133 g/mol. The summed E-state index contributed by atoms with van der Waals surface area (Å²) in [5, 5.41) is 1.54. The molecule has 1 heteroatoms. The topological polar surface area (TPSA) is 0 Å². The molecule has 6 heavy (non-hydrogen) atoms. The molecule has 0 atom stereocenters. The van der Waals surface area contributed by atoms with Crippen LogP contribution in [0.5, 0.6) is 0 Å².